The molecule has 0 spiro atoms. The molecule has 0 aromatic carbocycles. The molecule has 43 heavy (non-hydrogen) atoms. The van der Waals surface area contributed by atoms with Crippen molar-refractivity contribution in [2.75, 3.05) is 26.4 Å². The second-order valence-electron chi connectivity index (χ2n) is 10.9. The summed E-state index contributed by atoms with van der Waals surface area (Å²) in [5.41, 5.74) is 0. The Balaban J connectivity index is 2.32. The Kier molecular flexibility index (Phi) is 24.2. The first-order chi connectivity index (χ1) is 20.9. The van der Waals surface area contributed by atoms with Crippen LogP contribution in [0.25, 0.3) is 0 Å². The van der Waals surface area contributed by atoms with Crippen LogP contribution in [0.4, 0.5) is 0 Å². The smallest absolute Gasteiger partial charge is 0.306 e. The average molecular weight is 611 g/mol. The highest BCUT2D eigenvalue weighted by Crippen LogP contribution is 2.22. The van der Waals surface area contributed by atoms with E-state index in [0.29, 0.717) is 13.0 Å². The standard InChI is InChI=1S/C34H58O9/c1-3-5-7-9-10-11-12-13-14-15-16-17-18-19-20-22-24-40-26-28(42-30(36)23-21-8-6-4-2)27-41-34-33(39)32(38)31(37)29(25-35)43-34/h5,7,10-11,13-14,16-17,28-29,31-35,37-39H,3-4,6,8-9,12,15,18-27H2,1-2H3/b7-5-,11-10-,14-13-,17-16-. The molecule has 9 nitrogen and oxygen atoms in total. The highest BCUT2D eigenvalue weighted by Gasteiger charge is 2.44. The van der Waals surface area contributed by atoms with E-state index in [2.05, 4.69) is 62.5 Å². The van der Waals surface area contributed by atoms with Gasteiger partial charge in [-0.2, -0.15) is 0 Å². The third-order valence-corrected chi connectivity index (χ3v) is 7.01. The number of hydrogen-bond donors (Lipinski definition) is 4. The lowest BCUT2D eigenvalue weighted by molar-refractivity contribution is -0.305. The summed E-state index contributed by atoms with van der Waals surface area (Å²) in [6.07, 6.45) is 22.0. The van der Waals surface area contributed by atoms with Crippen LogP contribution in [-0.2, 0) is 23.7 Å². The maximum Gasteiger partial charge on any atom is 0.306 e. The minimum Gasteiger partial charge on any atom is -0.457 e. The molecule has 4 N–H and O–H groups in total. The van der Waals surface area contributed by atoms with Crippen LogP contribution in [0, 0.1) is 0 Å². The van der Waals surface area contributed by atoms with E-state index in [4.69, 9.17) is 18.9 Å². The lowest BCUT2D eigenvalue weighted by Crippen LogP contribution is -2.59. The summed E-state index contributed by atoms with van der Waals surface area (Å²) in [4.78, 5) is 12.4. The summed E-state index contributed by atoms with van der Waals surface area (Å²) in [5, 5.41) is 39.6. The zero-order chi connectivity index (χ0) is 31.5. The van der Waals surface area contributed by atoms with Crippen molar-refractivity contribution in [2.24, 2.45) is 0 Å². The molecule has 6 unspecified atom stereocenters. The predicted molar refractivity (Wildman–Crippen MR) is 168 cm³/mol. The number of rotatable bonds is 25. The lowest BCUT2D eigenvalue weighted by atomic mass is 9.99. The van der Waals surface area contributed by atoms with Crippen molar-refractivity contribution in [3.63, 3.8) is 0 Å². The third-order valence-electron chi connectivity index (χ3n) is 7.01. The predicted octanol–water partition coefficient (Wildman–Crippen LogP) is 5.07. The topological polar surface area (TPSA) is 135 Å². The van der Waals surface area contributed by atoms with Crippen molar-refractivity contribution in [1.29, 1.82) is 0 Å². The van der Waals surface area contributed by atoms with Crippen molar-refractivity contribution < 1.29 is 44.2 Å². The van der Waals surface area contributed by atoms with Crippen LogP contribution in [0.5, 0.6) is 0 Å². The van der Waals surface area contributed by atoms with Crippen LogP contribution >= 0.6 is 0 Å². The number of aliphatic hydroxyl groups excluding tert-OH is 4. The Bertz CT molecular complexity index is 793. The van der Waals surface area contributed by atoms with Gasteiger partial charge in [0.2, 0.25) is 0 Å². The first-order valence-electron chi connectivity index (χ1n) is 16.2. The Hall–Kier alpha value is -1.85. The molecule has 1 heterocycles. The molecular formula is C34H58O9. The Labute approximate surface area is 259 Å². The maximum atomic E-state index is 12.4. The summed E-state index contributed by atoms with van der Waals surface area (Å²) in [6, 6.07) is 0. The first kappa shape index (κ1) is 39.2. The van der Waals surface area contributed by atoms with E-state index in [0.717, 1.165) is 77.0 Å². The van der Waals surface area contributed by atoms with Crippen molar-refractivity contribution >= 4 is 5.97 Å². The SMILES string of the molecule is CC/C=C\C/C=C\C/C=C\C/C=C\CCCCCOCC(COC1OC(CO)C(O)C(O)C1O)OC(=O)CCCCCC. The molecule has 1 aliphatic heterocycles. The summed E-state index contributed by atoms with van der Waals surface area (Å²) in [7, 11) is 0. The number of hydrogen-bond acceptors (Lipinski definition) is 9. The van der Waals surface area contributed by atoms with E-state index >= 15 is 0 Å². The number of esters is 1. The number of carbonyl (C=O) groups excluding carboxylic acids is 1. The van der Waals surface area contributed by atoms with Crippen molar-refractivity contribution in [1.82, 2.24) is 0 Å². The molecule has 0 saturated carbocycles. The number of ether oxygens (including phenoxy) is 4. The van der Waals surface area contributed by atoms with Gasteiger partial charge in [0.25, 0.3) is 0 Å². The van der Waals surface area contributed by atoms with Gasteiger partial charge in [-0.1, -0.05) is 88.1 Å². The molecule has 0 amide bonds. The Morgan fingerprint density at radius 2 is 1.42 bits per heavy atom. The van der Waals surface area contributed by atoms with Crippen LogP contribution < -0.4 is 0 Å². The van der Waals surface area contributed by atoms with Gasteiger partial charge in [-0.25, -0.2) is 0 Å². The molecule has 6 atom stereocenters. The molecule has 248 valence electrons. The normalized spacial score (nSPS) is 23.7. The Morgan fingerprint density at radius 3 is 2.07 bits per heavy atom. The number of allylic oxidation sites excluding steroid dienone is 8. The van der Waals surface area contributed by atoms with Crippen LogP contribution in [-0.4, -0.2) is 89.6 Å². The first-order valence-corrected chi connectivity index (χ1v) is 16.2. The van der Waals surface area contributed by atoms with E-state index in [1.54, 1.807) is 0 Å². The van der Waals surface area contributed by atoms with E-state index in [1.165, 1.54) is 0 Å². The van der Waals surface area contributed by atoms with Gasteiger partial charge in [-0.05, 0) is 51.4 Å². The molecule has 1 aliphatic rings. The monoisotopic (exact) mass is 610 g/mol. The van der Waals surface area contributed by atoms with Crippen LogP contribution in [0.2, 0.25) is 0 Å². The largest absolute Gasteiger partial charge is 0.457 e. The fourth-order valence-electron chi connectivity index (χ4n) is 4.42. The van der Waals surface area contributed by atoms with E-state index in [9.17, 15) is 25.2 Å². The second-order valence-corrected chi connectivity index (χ2v) is 10.9. The van der Waals surface area contributed by atoms with Gasteiger partial charge in [0.1, 0.15) is 30.5 Å². The zero-order valence-electron chi connectivity index (χ0n) is 26.4. The summed E-state index contributed by atoms with van der Waals surface area (Å²) >= 11 is 0. The third kappa shape index (κ3) is 19.2. The van der Waals surface area contributed by atoms with Gasteiger partial charge in [0, 0.05) is 13.0 Å². The number of carbonyl (C=O) groups is 1. The minimum atomic E-state index is -1.54. The van der Waals surface area contributed by atoms with Gasteiger partial charge < -0.3 is 39.4 Å². The van der Waals surface area contributed by atoms with Crippen LogP contribution in [0.15, 0.2) is 48.6 Å². The van der Waals surface area contributed by atoms with E-state index in [-0.39, 0.29) is 19.2 Å². The van der Waals surface area contributed by atoms with Crippen LogP contribution in [0.3, 0.4) is 0 Å². The maximum absolute atomic E-state index is 12.4. The summed E-state index contributed by atoms with van der Waals surface area (Å²) in [6.45, 7) is 4.20. The quantitative estimate of drug-likeness (QED) is 0.0635. The molecule has 0 radical (unpaired) electrons. The van der Waals surface area contributed by atoms with Gasteiger partial charge in [-0.3, -0.25) is 4.79 Å². The molecule has 0 bridgehead atoms. The van der Waals surface area contributed by atoms with Gasteiger partial charge in [0.05, 0.1) is 19.8 Å². The Morgan fingerprint density at radius 1 is 0.767 bits per heavy atom. The molecule has 1 saturated heterocycles. The molecule has 1 fully saturated rings. The summed E-state index contributed by atoms with van der Waals surface area (Å²) < 4.78 is 22.4. The minimum absolute atomic E-state index is 0.120. The number of unbranched alkanes of at least 4 members (excludes halogenated alkanes) is 6. The molecule has 0 aromatic heterocycles. The fourth-order valence-corrected chi connectivity index (χ4v) is 4.42. The zero-order valence-corrected chi connectivity index (χ0v) is 26.4. The number of aliphatic hydroxyl groups is 4. The molecular weight excluding hydrogens is 552 g/mol. The molecule has 0 aromatic rings. The molecule has 1 rings (SSSR count). The van der Waals surface area contributed by atoms with Crippen molar-refractivity contribution in [3.05, 3.63) is 48.6 Å². The highest BCUT2D eigenvalue weighted by atomic mass is 16.7. The van der Waals surface area contributed by atoms with Gasteiger partial charge in [-0.15, -0.1) is 0 Å². The van der Waals surface area contributed by atoms with E-state index < -0.39 is 43.4 Å². The lowest BCUT2D eigenvalue weighted by Gasteiger charge is -2.39. The van der Waals surface area contributed by atoms with Crippen LogP contribution in [0.1, 0.15) is 97.3 Å². The second kappa shape index (κ2) is 26.5. The summed E-state index contributed by atoms with van der Waals surface area (Å²) in [5.74, 6) is -0.347. The van der Waals surface area contributed by atoms with Crippen molar-refractivity contribution in [2.45, 2.75) is 134 Å². The van der Waals surface area contributed by atoms with Crippen molar-refractivity contribution in [3.8, 4) is 0 Å². The molecule has 0 aliphatic carbocycles. The highest BCUT2D eigenvalue weighted by molar-refractivity contribution is 5.69. The van der Waals surface area contributed by atoms with Gasteiger partial charge in [0.15, 0.2) is 6.29 Å². The fraction of sp³-hybridized carbons (Fsp3) is 0.735. The average Bonchev–Trinajstić information content (AvgIpc) is 3.00. The van der Waals surface area contributed by atoms with Gasteiger partial charge >= 0.3 is 5.97 Å². The molecule has 9 heteroatoms. The van der Waals surface area contributed by atoms with E-state index in [1.807, 2.05) is 0 Å².